The van der Waals surface area contributed by atoms with Gasteiger partial charge >= 0.3 is 0 Å². The summed E-state index contributed by atoms with van der Waals surface area (Å²) in [6.07, 6.45) is 0.997. The van der Waals surface area contributed by atoms with Crippen LogP contribution in [0.25, 0.3) is 0 Å². The first kappa shape index (κ1) is 14.5. The molecule has 3 heteroatoms. The first-order valence-corrected chi connectivity index (χ1v) is 6.95. The van der Waals surface area contributed by atoms with Gasteiger partial charge in [-0.25, -0.2) is 4.39 Å². The third kappa shape index (κ3) is 4.35. The topological polar surface area (TPSA) is 21.3 Å². The molecular formula is C17H20FNO. The van der Waals surface area contributed by atoms with E-state index in [4.69, 9.17) is 4.74 Å². The highest BCUT2D eigenvalue weighted by atomic mass is 19.1. The van der Waals surface area contributed by atoms with Gasteiger partial charge in [0.2, 0.25) is 0 Å². The summed E-state index contributed by atoms with van der Waals surface area (Å²) >= 11 is 0. The average molecular weight is 273 g/mol. The largest absolute Gasteiger partial charge is 0.493 e. The lowest BCUT2D eigenvalue weighted by Gasteiger charge is -2.11. The number of hydrogen-bond acceptors (Lipinski definition) is 2. The Balaban J connectivity index is 1.88. The Bertz CT molecular complexity index is 525. The molecule has 0 radical (unpaired) electrons. The van der Waals surface area contributed by atoms with E-state index in [0.717, 1.165) is 36.4 Å². The maximum atomic E-state index is 12.8. The number of ether oxygens (including phenoxy) is 1. The Labute approximate surface area is 119 Å². The van der Waals surface area contributed by atoms with Gasteiger partial charge in [-0.3, -0.25) is 0 Å². The van der Waals surface area contributed by atoms with Gasteiger partial charge in [0, 0.05) is 18.7 Å². The van der Waals surface area contributed by atoms with Gasteiger partial charge in [-0.15, -0.1) is 0 Å². The van der Waals surface area contributed by atoms with Gasteiger partial charge in [-0.2, -0.15) is 0 Å². The number of nitrogens with one attached hydrogen (secondary N) is 1. The molecule has 0 spiro atoms. The van der Waals surface area contributed by atoms with E-state index < -0.39 is 0 Å². The van der Waals surface area contributed by atoms with Crippen molar-refractivity contribution in [3.63, 3.8) is 0 Å². The minimum atomic E-state index is -0.202. The molecule has 0 saturated heterocycles. The van der Waals surface area contributed by atoms with Crippen molar-refractivity contribution in [2.75, 3.05) is 6.61 Å². The molecule has 0 aromatic heterocycles. The molecule has 0 fully saturated rings. The van der Waals surface area contributed by atoms with Gasteiger partial charge in [-0.1, -0.05) is 37.3 Å². The van der Waals surface area contributed by atoms with Crippen LogP contribution in [0.5, 0.6) is 5.75 Å². The standard InChI is InChI=1S/C17H20FNO/c1-2-11-20-17-6-4-3-5-15(17)13-19-12-14-7-9-16(18)10-8-14/h3-10,19H,2,11-13H2,1H3. The smallest absolute Gasteiger partial charge is 0.123 e. The molecule has 106 valence electrons. The van der Waals surface area contributed by atoms with Crippen LogP contribution < -0.4 is 10.1 Å². The number of halogens is 1. The zero-order valence-electron chi connectivity index (χ0n) is 11.7. The predicted molar refractivity (Wildman–Crippen MR) is 79.2 cm³/mol. The molecule has 0 aliphatic carbocycles. The summed E-state index contributed by atoms with van der Waals surface area (Å²) in [5.74, 6) is 0.730. The average Bonchev–Trinajstić information content (AvgIpc) is 2.48. The molecule has 2 nitrogen and oxygen atoms in total. The first-order chi connectivity index (χ1) is 9.79. The lowest BCUT2D eigenvalue weighted by Crippen LogP contribution is -2.13. The van der Waals surface area contributed by atoms with Gasteiger partial charge in [0.05, 0.1) is 6.61 Å². The van der Waals surface area contributed by atoms with Crippen molar-refractivity contribution in [2.24, 2.45) is 0 Å². The van der Waals surface area contributed by atoms with E-state index in [1.54, 1.807) is 12.1 Å². The van der Waals surface area contributed by atoms with E-state index in [9.17, 15) is 4.39 Å². The molecule has 0 saturated carbocycles. The van der Waals surface area contributed by atoms with Crippen LogP contribution >= 0.6 is 0 Å². The van der Waals surface area contributed by atoms with Crippen molar-refractivity contribution in [1.82, 2.24) is 5.32 Å². The van der Waals surface area contributed by atoms with Crippen LogP contribution in [0.3, 0.4) is 0 Å². The summed E-state index contributed by atoms with van der Waals surface area (Å²) in [5, 5.41) is 3.35. The number of benzene rings is 2. The Kier molecular flexibility index (Phi) is 5.56. The van der Waals surface area contributed by atoms with Crippen molar-refractivity contribution in [2.45, 2.75) is 26.4 Å². The molecule has 0 aliphatic rings. The first-order valence-electron chi connectivity index (χ1n) is 6.95. The summed E-state index contributed by atoms with van der Waals surface area (Å²) in [7, 11) is 0. The molecule has 20 heavy (non-hydrogen) atoms. The Hall–Kier alpha value is -1.87. The highest BCUT2D eigenvalue weighted by Crippen LogP contribution is 2.18. The van der Waals surface area contributed by atoms with E-state index in [0.29, 0.717) is 6.54 Å². The summed E-state index contributed by atoms with van der Waals surface area (Å²) in [4.78, 5) is 0. The van der Waals surface area contributed by atoms with Gasteiger partial charge in [0.1, 0.15) is 11.6 Å². The maximum absolute atomic E-state index is 12.8. The summed E-state index contributed by atoms with van der Waals surface area (Å²) < 4.78 is 18.5. The molecular weight excluding hydrogens is 253 g/mol. The third-order valence-electron chi connectivity index (χ3n) is 2.99. The summed E-state index contributed by atoms with van der Waals surface area (Å²) in [5.41, 5.74) is 2.21. The minimum Gasteiger partial charge on any atom is -0.493 e. The molecule has 2 aromatic rings. The molecule has 0 amide bonds. The maximum Gasteiger partial charge on any atom is 0.123 e. The Morgan fingerprint density at radius 1 is 1.00 bits per heavy atom. The second-order valence-corrected chi connectivity index (χ2v) is 4.69. The lowest BCUT2D eigenvalue weighted by molar-refractivity contribution is 0.313. The van der Waals surface area contributed by atoms with E-state index >= 15 is 0 Å². The van der Waals surface area contributed by atoms with Crippen LogP contribution in [-0.4, -0.2) is 6.61 Å². The van der Waals surface area contributed by atoms with Gasteiger partial charge in [-0.05, 0) is 30.2 Å². The second kappa shape index (κ2) is 7.65. The van der Waals surface area contributed by atoms with Gasteiger partial charge in [0.25, 0.3) is 0 Å². The Morgan fingerprint density at radius 2 is 1.75 bits per heavy atom. The van der Waals surface area contributed by atoms with Crippen molar-refractivity contribution < 1.29 is 9.13 Å². The highest BCUT2D eigenvalue weighted by molar-refractivity contribution is 5.33. The van der Waals surface area contributed by atoms with Crippen LogP contribution in [-0.2, 0) is 13.1 Å². The molecule has 0 heterocycles. The molecule has 2 aromatic carbocycles. The predicted octanol–water partition coefficient (Wildman–Crippen LogP) is 3.90. The SMILES string of the molecule is CCCOc1ccccc1CNCc1ccc(F)cc1. The van der Waals surface area contributed by atoms with Crippen LogP contribution in [0.4, 0.5) is 4.39 Å². The van der Waals surface area contributed by atoms with E-state index in [2.05, 4.69) is 18.3 Å². The normalized spacial score (nSPS) is 10.5. The van der Waals surface area contributed by atoms with Gasteiger partial charge < -0.3 is 10.1 Å². The van der Waals surface area contributed by atoms with Crippen LogP contribution in [0.2, 0.25) is 0 Å². The molecule has 0 aliphatic heterocycles. The molecule has 0 bridgehead atoms. The van der Waals surface area contributed by atoms with Crippen LogP contribution in [0.1, 0.15) is 24.5 Å². The third-order valence-corrected chi connectivity index (χ3v) is 2.99. The Morgan fingerprint density at radius 3 is 2.50 bits per heavy atom. The fourth-order valence-electron chi connectivity index (χ4n) is 1.95. The monoisotopic (exact) mass is 273 g/mol. The van der Waals surface area contributed by atoms with Crippen LogP contribution in [0.15, 0.2) is 48.5 Å². The minimum absolute atomic E-state index is 0.202. The zero-order chi connectivity index (χ0) is 14.2. The van der Waals surface area contributed by atoms with E-state index in [1.165, 1.54) is 12.1 Å². The molecule has 0 atom stereocenters. The molecule has 1 N–H and O–H groups in total. The van der Waals surface area contributed by atoms with Crippen molar-refractivity contribution in [1.29, 1.82) is 0 Å². The second-order valence-electron chi connectivity index (χ2n) is 4.69. The van der Waals surface area contributed by atoms with E-state index in [1.807, 2.05) is 18.2 Å². The van der Waals surface area contributed by atoms with Crippen molar-refractivity contribution >= 4 is 0 Å². The molecule has 2 rings (SSSR count). The summed E-state index contributed by atoms with van der Waals surface area (Å²) in [6, 6.07) is 14.6. The van der Waals surface area contributed by atoms with Crippen molar-refractivity contribution in [3.05, 3.63) is 65.5 Å². The van der Waals surface area contributed by atoms with Gasteiger partial charge in [0.15, 0.2) is 0 Å². The lowest BCUT2D eigenvalue weighted by atomic mass is 10.2. The quantitative estimate of drug-likeness (QED) is 0.826. The molecule has 0 unspecified atom stereocenters. The zero-order valence-corrected chi connectivity index (χ0v) is 11.7. The van der Waals surface area contributed by atoms with Crippen molar-refractivity contribution in [3.8, 4) is 5.75 Å². The fraction of sp³-hybridized carbons (Fsp3) is 0.294. The highest BCUT2D eigenvalue weighted by Gasteiger charge is 2.02. The van der Waals surface area contributed by atoms with E-state index in [-0.39, 0.29) is 5.82 Å². The summed E-state index contributed by atoms with van der Waals surface area (Å²) in [6.45, 7) is 4.27. The van der Waals surface area contributed by atoms with Crippen LogP contribution in [0, 0.1) is 5.82 Å². The number of para-hydroxylation sites is 1. The fourth-order valence-corrected chi connectivity index (χ4v) is 1.95. The number of rotatable bonds is 7. The number of hydrogen-bond donors (Lipinski definition) is 1.